The van der Waals surface area contributed by atoms with E-state index in [4.69, 9.17) is 9.47 Å². The van der Waals surface area contributed by atoms with Crippen LogP contribution in [-0.2, 0) is 16.1 Å². The van der Waals surface area contributed by atoms with Crippen molar-refractivity contribution in [1.29, 1.82) is 0 Å². The zero-order valence-electron chi connectivity index (χ0n) is 15.6. The number of benzene rings is 2. The second-order valence-corrected chi connectivity index (χ2v) is 9.65. The number of hydrogen-bond donors (Lipinski definition) is 0. The van der Waals surface area contributed by atoms with Gasteiger partial charge < -0.3 is 14.4 Å². The summed E-state index contributed by atoms with van der Waals surface area (Å²) >= 11 is 0. The minimum Gasteiger partial charge on any atom is -0.497 e. The molecule has 1 saturated heterocycles. The fourth-order valence-corrected chi connectivity index (χ4v) is 3.97. The van der Waals surface area contributed by atoms with Gasteiger partial charge in [-0.1, -0.05) is 49.8 Å². The van der Waals surface area contributed by atoms with Crippen molar-refractivity contribution in [3.05, 3.63) is 60.2 Å². The summed E-state index contributed by atoms with van der Waals surface area (Å²) in [6.07, 6.45) is -1.63. The number of rotatable bonds is 7. The van der Waals surface area contributed by atoms with Crippen molar-refractivity contribution in [1.82, 2.24) is 0 Å². The summed E-state index contributed by atoms with van der Waals surface area (Å²) in [6.45, 7) is 0.227. The number of nitrogens with zero attached hydrogens (tertiary/aromatic N) is 1. The number of halogens is 5. The molecule has 2 aromatic rings. The van der Waals surface area contributed by atoms with Gasteiger partial charge >= 0.3 is 0 Å². The monoisotopic (exact) mass is 437 g/mol. The topological polar surface area (TPSA) is 38.8 Å². The summed E-state index contributed by atoms with van der Waals surface area (Å²) < 4.78 is 78.0. The third-order valence-corrected chi connectivity index (χ3v) is 6.58. The average molecular weight is 437 g/mol. The number of carbonyl (C=O) groups excluding carboxylic acids is 1. The van der Waals surface area contributed by atoms with Gasteiger partial charge in [0.05, 0.1) is 19.8 Å². The average Bonchev–Trinajstić information content (AvgIpc) is 2.65. The van der Waals surface area contributed by atoms with Crippen molar-refractivity contribution >= 4 is 21.8 Å². The normalized spacial score (nSPS) is 23.0. The van der Waals surface area contributed by atoms with Gasteiger partial charge in [-0.2, -0.15) is 0 Å². The van der Waals surface area contributed by atoms with Gasteiger partial charge in [0.25, 0.3) is 16.1 Å². The molecular formula is C19H20F5NO3S. The van der Waals surface area contributed by atoms with E-state index in [0.717, 1.165) is 4.90 Å². The Morgan fingerprint density at radius 2 is 1.59 bits per heavy atom. The van der Waals surface area contributed by atoms with E-state index in [1.165, 1.54) is 31.4 Å². The van der Waals surface area contributed by atoms with Crippen LogP contribution >= 0.6 is 10.2 Å². The molecule has 3 atom stereocenters. The number of carbonyl (C=O) groups is 1. The zero-order valence-corrected chi connectivity index (χ0v) is 16.4. The highest BCUT2D eigenvalue weighted by Crippen LogP contribution is 3.00. The number of amides is 1. The van der Waals surface area contributed by atoms with E-state index in [2.05, 4.69) is 0 Å². The Balaban J connectivity index is 1.90. The largest absolute Gasteiger partial charge is 0.497 e. The van der Waals surface area contributed by atoms with Gasteiger partial charge in [0, 0.05) is 5.69 Å². The van der Waals surface area contributed by atoms with Crippen molar-refractivity contribution in [3.63, 3.8) is 0 Å². The predicted molar refractivity (Wildman–Crippen MR) is 102 cm³/mol. The fraction of sp³-hybridized carbons (Fsp3) is 0.316. The molecule has 3 rings (SSSR count). The predicted octanol–water partition coefficient (Wildman–Crippen LogP) is 5.68. The molecule has 2 aromatic carbocycles. The molecule has 0 aromatic heterocycles. The SMILES string of the molecule is COc1ccc(N2C(=O)C(OCc3ccccc3)C2C(C)S(F)(F)(F)(F)F)cc1. The number of ether oxygens (including phenoxy) is 2. The molecule has 0 N–H and O–H groups in total. The first-order valence-corrected chi connectivity index (χ1v) is 10.7. The molecule has 0 saturated carbocycles. The van der Waals surface area contributed by atoms with Crippen LogP contribution in [-0.4, -0.2) is 30.4 Å². The van der Waals surface area contributed by atoms with Crippen LogP contribution in [0.2, 0.25) is 0 Å². The molecule has 0 spiro atoms. The number of hydrogen-bond acceptors (Lipinski definition) is 3. The van der Waals surface area contributed by atoms with Crippen LogP contribution in [0.1, 0.15) is 12.5 Å². The summed E-state index contributed by atoms with van der Waals surface area (Å²) in [4.78, 5) is 13.3. The summed E-state index contributed by atoms with van der Waals surface area (Å²) in [5.41, 5.74) is 0.677. The maximum absolute atomic E-state index is 13.5. The summed E-state index contributed by atoms with van der Waals surface area (Å²) in [5.74, 6) is -0.388. The molecule has 1 fully saturated rings. The van der Waals surface area contributed by atoms with Gasteiger partial charge in [0.1, 0.15) is 11.0 Å². The Hall–Kier alpha value is -2.33. The minimum absolute atomic E-state index is 0.0639. The molecule has 160 valence electrons. The third-order valence-electron chi connectivity index (χ3n) is 4.90. The molecule has 1 aliphatic rings. The molecule has 0 aliphatic carbocycles. The second-order valence-electron chi connectivity index (χ2n) is 6.85. The highest BCUT2D eigenvalue weighted by molar-refractivity contribution is 8.46. The summed E-state index contributed by atoms with van der Waals surface area (Å²) in [5, 5.41) is -3.05. The standard InChI is InChI=1S/C19H20F5NO3S/c1-13(29(20,21,22,23)24)17-18(28-12-14-6-4-3-5-7-14)19(26)25(17)15-8-10-16(27-2)11-9-15/h3-11,13,17-18H,12H2,1-2H3. The molecule has 1 aliphatic heterocycles. The van der Waals surface area contributed by atoms with Crippen molar-refractivity contribution < 1.29 is 33.7 Å². The lowest BCUT2D eigenvalue weighted by molar-refractivity contribution is -0.143. The van der Waals surface area contributed by atoms with Gasteiger partial charge in [-0.3, -0.25) is 4.79 Å². The van der Waals surface area contributed by atoms with Crippen LogP contribution in [0.5, 0.6) is 5.75 Å². The highest BCUT2D eigenvalue weighted by atomic mass is 32.5. The maximum atomic E-state index is 13.5. The van der Waals surface area contributed by atoms with Crippen LogP contribution < -0.4 is 9.64 Å². The lowest BCUT2D eigenvalue weighted by atomic mass is 9.93. The lowest BCUT2D eigenvalue weighted by Gasteiger charge is -2.56. The lowest BCUT2D eigenvalue weighted by Crippen LogP contribution is -2.71. The maximum Gasteiger partial charge on any atom is 0.290 e. The van der Waals surface area contributed by atoms with Gasteiger partial charge in [-0.05, 0) is 36.8 Å². The molecule has 10 heteroatoms. The van der Waals surface area contributed by atoms with E-state index < -0.39 is 33.5 Å². The Kier molecular flexibility index (Phi) is 4.86. The van der Waals surface area contributed by atoms with E-state index in [-0.39, 0.29) is 12.3 Å². The van der Waals surface area contributed by atoms with E-state index in [1.807, 2.05) is 0 Å². The first-order valence-electron chi connectivity index (χ1n) is 8.67. The smallest absolute Gasteiger partial charge is 0.290 e. The molecule has 3 unspecified atom stereocenters. The van der Waals surface area contributed by atoms with Crippen LogP contribution in [0.25, 0.3) is 0 Å². The Morgan fingerprint density at radius 3 is 2.10 bits per heavy atom. The first-order chi connectivity index (χ1) is 13.3. The number of β-lactam (4-membered cyclic amide) rings is 1. The zero-order chi connectivity index (χ0) is 21.5. The Labute approximate surface area is 164 Å². The molecule has 29 heavy (non-hydrogen) atoms. The van der Waals surface area contributed by atoms with Crippen molar-refractivity contribution in [2.75, 3.05) is 12.0 Å². The van der Waals surface area contributed by atoms with Crippen molar-refractivity contribution in [2.24, 2.45) is 0 Å². The molecule has 1 amide bonds. The van der Waals surface area contributed by atoms with Crippen molar-refractivity contribution in [3.8, 4) is 5.75 Å². The fourth-order valence-electron chi connectivity index (χ4n) is 3.18. The van der Waals surface area contributed by atoms with E-state index in [9.17, 15) is 24.2 Å². The van der Waals surface area contributed by atoms with E-state index >= 15 is 0 Å². The quantitative estimate of drug-likeness (QED) is 0.413. The van der Waals surface area contributed by atoms with Gasteiger partial charge in [-0.15, -0.1) is 0 Å². The van der Waals surface area contributed by atoms with Crippen molar-refractivity contribution in [2.45, 2.75) is 30.9 Å². The first kappa shape index (κ1) is 21.4. The second kappa shape index (κ2) is 6.60. The van der Waals surface area contributed by atoms with E-state index in [1.54, 1.807) is 30.3 Å². The summed E-state index contributed by atoms with van der Waals surface area (Å²) in [7, 11) is -8.49. The number of anilines is 1. The van der Waals surface area contributed by atoms with E-state index in [0.29, 0.717) is 18.2 Å². The minimum atomic E-state index is -9.89. The van der Waals surface area contributed by atoms with Gasteiger partial charge in [-0.25, -0.2) is 0 Å². The van der Waals surface area contributed by atoms with Gasteiger partial charge in [0.2, 0.25) is 0 Å². The molecule has 1 heterocycles. The van der Waals surface area contributed by atoms with Crippen LogP contribution in [0, 0.1) is 0 Å². The van der Waals surface area contributed by atoms with Gasteiger partial charge in [0.15, 0.2) is 6.10 Å². The molecule has 4 nitrogen and oxygen atoms in total. The van der Waals surface area contributed by atoms with Crippen LogP contribution in [0.4, 0.5) is 25.1 Å². The molecular weight excluding hydrogens is 417 g/mol. The van der Waals surface area contributed by atoms with Crippen LogP contribution in [0.15, 0.2) is 54.6 Å². The highest BCUT2D eigenvalue weighted by Gasteiger charge is 2.74. The molecule has 0 bridgehead atoms. The Morgan fingerprint density at radius 1 is 1.00 bits per heavy atom. The third kappa shape index (κ3) is 4.48. The summed E-state index contributed by atoms with van der Waals surface area (Å²) in [6, 6.07) is 12.1. The number of methoxy groups -OCH3 is 1. The van der Waals surface area contributed by atoms with Crippen LogP contribution in [0.3, 0.4) is 0 Å². The molecule has 0 radical (unpaired) electrons. The Bertz CT molecular complexity index is 890.